The van der Waals surface area contributed by atoms with Crippen LogP contribution in [0.4, 0.5) is 0 Å². The number of halogens is 3. The number of amides is 1. The van der Waals surface area contributed by atoms with Gasteiger partial charge in [0, 0.05) is 32.1 Å². The van der Waals surface area contributed by atoms with E-state index in [0.717, 1.165) is 12.1 Å². The Hall–Kier alpha value is -0.290. The minimum Gasteiger partial charge on any atom is -0.372 e. The first kappa shape index (κ1) is 25.0. The van der Waals surface area contributed by atoms with E-state index in [4.69, 9.17) is 32.7 Å². The maximum absolute atomic E-state index is 12.3. The van der Waals surface area contributed by atoms with E-state index in [-0.39, 0.29) is 48.4 Å². The molecule has 1 aromatic carbocycles. The molecule has 0 unspecified atom stereocenters. The Balaban J connectivity index is 0.00000300. The molecule has 1 amide bonds. The average Bonchev–Trinajstić information content (AvgIpc) is 2.89. The van der Waals surface area contributed by atoms with Gasteiger partial charge in [-0.15, -0.1) is 12.4 Å². The van der Waals surface area contributed by atoms with Gasteiger partial charge in [-0.2, -0.15) is 10.6 Å². The maximum Gasteiger partial charge on any atom is 0.248 e. The summed E-state index contributed by atoms with van der Waals surface area (Å²) in [5, 5.41) is 4.29. The molecule has 7 nitrogen and oxygen atoms in total. The predicted octanol–water partition coefficient (Wildman–Crippen LogP) is 3.30. The second-order valence-electron chi connectivity index (χ2n) is 7.04. The molecule has 11 heteroatoms. The largest absolute Gasteiger partial charge is 0.372 e. The van der Waals surface area contributed by atoms with Crippen LogP contribution >= 0.6 is 46.2 Å². The maximum atomic E-state index is 12.3. The van der Waals surface area contributed by atoms with Crippen molar-refractivity contribution in [3.8, 4) is 0 Å². The number of hydrogen-bond acceptors (Lipinski definition) is 6. The predicted molar refractivity (Wildman–Crippen MR) is 119 cm³/mol. The highest BCUT2D eigenvalue weighted by Gasteiger charge is 2.28. The molecular formula is C18H27Cl3N2O5S. The van der Waals surface area contributed by atoms with Gasteiger partial charge in [0.2, 0.25) is 5.91 Å². The number of nitrogens with zero attached hydrogens (tertiary/aromatic N) is 1. The monoisotopic (exact) mass is 488 g/mol. The molecule has 1 aromatic rings. The molecule has 0 spiro atoms. The van der Waals surface area contributed by atoms with Gasteiger partial charge >= 0.3 is 0 Å². The smallest absolute Gasteiger partial charge is 0.248 e. The number of benzene rings is 1. The van der Waals surface area contributed by atoms with Crippen LogP contribution in [0.15, 0.2) is 18.2 Å². The van der Waals surface area contributed by atoms with E-state index in [1.807, 2.05) is 12.1 Å². The fourth-order valence-corrected chi connectivity index (χ4v) is 4.89. The minimum absolute atomic E-state index is 0. The molecule has 2 aliphatic rings. The standard InChI is InChI=1S/C18H26Cl2N2O5S.ClH/c19-15-2-1-13(9-16(15)20)18-14(10-21-3-6-27-18)11-26-12-17(23)22-4-7-28(24,25)8-5-22;/h1-2,9,14,18,21,24-25H,3-8,10-12H2;1H/t14-,18+;/m1./s1. The summed E-state index contributed by atoms with van der Waals surface area (Å²) in [5.74, 6) is 0.348. The van der Waals surface area contributed by atoms with E-state index < -0.39 is 10.6 Å². The van der Waals surface area contributed by atoms with Crippen LogP contribution in [0.2, 0.25) is 10.0 Å². The van der Waals surface area contributed by atoms with Crippen molar-refractivity contribution in [3.05, 3.63) is 33.8 Å². The van der Waals surface area contributed by atoms with Crippen LogP contribution in [-0.2, 0) is 14.3 Å². The number of ether oxygens (including phenoxy) is 2. The van der Waals surface area contributed by atoms with Crippen LogP contribution in [0, 0.1) is 5.92 Å². The third-order valence-electron chi connectivity index (χ3n) is 4.97. The number of hydrogen-bond donors (Lipinski definition) is 3. The van der Waals surface area contributed by atoms with Crippen molar-refractivity contribution in [3.63, 3.8) is 0 Å². The van der Waals surface area contributed by atoms with E-state index >= 15 is 0 Å². The minimum atomic E-state index is -2.52. The zero-order chi connectivity index (χ0) is 20.1. The topological polar surface area (TPSA) is 91.3 Å². The van der Waals surface area contributed by atoms with Crippen molar-refractivity contribution >= 4 is 52.1 Å². The van der Waals surface area contributed by atoms with Crippen LogP contribution in [-0.4, -0.2) is 77.4 Å². The van der Waals surface area contributed by atoms with Crippen molar-refractivity contribution in [2.24, 2.45) is 5.92 Å². The molecular weight excluding hydrogens is 463 g/mol. The fourth-order valence-electron chi connectivity index (χ4n) is 3.36. The third kappa shape index (κ3) is 7.12. The van der Waals surface area contributed by atoms with E-state index in [1.165, 1.54) is 0 Å². The third-order valence-corrected chi connectivity index (χ3v) is 7.38. The van der Waals surface area contributed by atoms with Gasteiger partial charge in [-0.3, -0.25) is 13.9 Å². The molecule has 0 radical (unpaired) electrons. The molecule has 0 bridgehead atoms. The molecule has 2 saturated heterocycles. The first-order valence-electron chi connectivity index (χ1n) is 9.22. The van der Waals surface area contributed by atoms with Gasteiger partial charge in [-0.25, -0.2) is 0 Å². The van der Waals surface area contributed by atoms with Crippen LogP contribution in [0.25, 0.3) is 0 Å². The Morgan fingerprint density at radius 3 is 2.69 bits per heavy atom. The summed E-state index contributed by atoms with van der Waals surface area (Å²) in [5.41, 5.74) is 0.930. The second-order valence-corrected chi connectivity index (χ2v) is 10.3. The van der Waals surface area contributed by atoms with Crippen molar-refractivity contribution < 1.29 is 23.4 Å². The Kier molecular flexibility index (Phi) is 9.79. The summed E-state index contributed by atoms with van der Waals surface area (Å²) in [6.45, 7) is 3.03. The van der Waals surface area contributed by atoms with Crippen LogP contribution in [0.3, 0.4) is 0 Å². The highest BCUT2D eigenvalue weighted by Crippen LogP contribution is 2.40. The summed E-state index contributed by atoms with van der Waals surface area (Å²) in [7, 11) is -2.52. The molecule has 0 saturated carbocycles. The lowest BCUT2D eigenvalue weighted by Gasteiger charge is -2.40. The van der Waals surface area contributed by atoms with E-state index in [1.54, 1.807) is 11.0 Å². The molecule has 0 aromatic heterocycles. The Bertz CT molecular complexity index is 687. The molecule has 2 atom stereocenters. The Morgan fingerprint density at radius 2 is 2.00 bits per heavy atom. The van der Waals surface area contributed by atoms with Crippen LogP contribution in [0.5, 0.6) is 0 Å². The molecule has 0 aliphatic carbocycles. The first-order valence-corrected chi connectivity index (χ1v) is 11.9. The number of carbonyl (C=O) groups is 1. The summed E-state index contributed by atoms with van der Waals surface area (Å²) >= 11 is 12.2. The molecule has 3 N–H and O–H groups in total. The van der Waals surface area contributed by atoms with Gasteiger partial charge in [0.1, 0.15) is 6.61 Å². The van der Waals surface area contributed by atoms with Crippen molar-refractivity contribution in [2.45, 2.75) is 6.10 Å². The molecule has 3 rings (SSSR count). The lowest BCUT2D eigenvalue weighted by Crippen LogP contribution is -2.44. The van der Waals surface area contributed by atoms with Crippen molar-refractivity contribution in [1.29, 1.82) is 0 Å². The number of carbonyl (C=O) groups excluding carboxylic acids is 1. The van der Waals surface area contributed by atoms with Gasteiger partial charge in [0.15, 0.2) is 0 Å². The van der Waals surface area contributed by atoms with Crippen molar-refractivity contribution in [2.75, 3.05) is 57.5 Å². The van der Waals surface area contributed by atoms with Gasteiger partial charge in [0.25, 0.3) is 0 Å². The van der Waals surface area contributed by atoms with Gasteiger partial charge < -0.3 is 19.7 Å². The zero-order valence-electron chi connectivity index (χ0n) is 15.9. The molecule has 166 valence electrons. The van der Waals surface area contributed by atoms with Crippen molar-refractivity contribution in [1.82, 2.24) is 10.2 Å². The normalized spacial score (nSPS) is 25.6. The van der Waals surface area contributed by atoms with Gasteiger partial charge in [-0.1, -0.05) is 29.3 Å². The van der Waals surface area contributed by atoms with Gasteiger partial charge in [-0.05, 0) is 17.7 Å². The number of nitrogens with one attached hydrogen (secondary N) is 1. The highest BCUT2D eigenvalue weighted by atomic mass is 35.5. The first-order chi connectivity index (χ1) is 13.4. The van der Waals surface area contributed by atoms with E-state index in [9.17, 15) is 13.9 Å². The fraction of sp³-hybridized carbons (Fsp3) is 0.611. The van der Waals surface area contributed by atoms with Gasteiger partial charge in [0.05, 0.1) is 40.9 Å². The quantitative estimate of drug-likeness (QED) is 0.588. The average molecular weight is 490 g/mol. The van der Waals surface area contributed by atoms with Crippen LogP contribution in [0.1, 0.15) is 11.7 Å². The molecule has 2 heterocycles. The van der Waals surface area contributed by atoms with Crippen LogP contribution < -0.4 is 5.32 Å². The summed E-state index contributed by atoms with van der Waals surface area (Å²) in [4.78, 5) is 13.9. The summed E-state index contributed by atoms with van der Waals surface area (Å²) in [6, 6.07) is 5.46. The Morgan fingerprint density at radius 1 is 1.28 bits per heavy atom. The lowest BCUT2D eigenvalue weighted by atomic mass is 9.96. The zero-order valence-corrected chi connectivity index (χ0v) is 19.0. The molecule has 29 heavy (non-hydrogen) atoms. The molecule has 2 fully saturated rings. The molecule has 2 aliphatic heterocycles. The SMILES string of the molecule is Cl.O=C(COC[C@H]1CNCCO[C@H]1c1ccc(Cl)c(Cl)c1)N1CCS(O)(O)CC1. The second kappa shape index (κ2) is 11.4. The lowest BCUT2D eigenvalue weighted by molar-refractivity contribution is -0.137. The summed E-state index contributed by atoms with van der Waals surface area (Å²) in [6.07, 6.45) is -0.206. The Labute approximate surface area is 188 Å². The van der Waals surface area contributed by atoms with E-state index in [2.05, 4.69) is 5.32 Å². The number of rotatable bonds is 5. The highest BCUT2D eigenvalue weighted by molar-refractivity contribution is 8.24. The van der Waals surface area contributed by atoms with E-state index in [0.29, 0.717) is 42.9 Å². The summed E-state index contributed by atoms with van der Waals surface area (Å²) < 4.78 is 31.0.